The van der Waals surface area contributed by atoms with E-state index in [9.17, 15) is 19.4 Å². The fourth-order valence-corrected chi connectivity index (χ4v) is 9.20. The molecule has 0 aromatic rings. The predicted molar refractivity (Wildman–Crippen MR) is 341 cm³/mol. The smallest absolute Gasteiger partial charge is 0.387 e. The molecule has 0 aromatic carbocycles. The van der Waals surface area contributed by atoms with E-state index in [0.717, 1.165) is 116 Å². The van der Waals surface area contributed by atoms with Crippen molar-refractivity contribution in [1.29, 1.82) is 0 Å². The molecular formula is C69H120N2O6P+. The van der Waals surface area contributed by atoms with E-state index in [2.05, 4.69) is 141 Å². The first-order chi connectivity index (χ1) is 38.0. The predicted octanol–water partition coefficient (Wildman–Crippen LogP) is 19.9. The van der Waals surface area contributed by atoms with Crippen LogP contribution in [0.5, 0.6) is 0 Å². The zero-order valence-electron chi connectivity index (χ0n) is 50.9. The highest BCUT2D eigenvalue weighted by molar-refractivity contribution is 7.47. The van der Waals surface area contributed by atoms with E-state index in [0.29, 0.717) is 17.4 Å². The molecule has 0 spiro atoms. The van der Waals surface area contributed by atoms with Gasteiger partial charge in [-0.15, -0.1) is 0 Å². The molecule has 3 unspecified atom stereocenters. The maximum absolute atomic E-state index is 13.0. The second kappa shape index (κ2) is 58.3. The Labute approximate surface area is 481 Å². The molecule has 1 amide bonds. The fourth-order valence-electron chi connectivity index (χ4n) is 8.46. The van der Waals surface area contributed by atoms with Crippen molar-refractivity contribution in [1.82, 2.24) is 5.32 Å². The number of likely N-dealkylation sites (N-methyl/N-ethyl adjacent to an activating group) is 1. The van der Waals surface area contributed by atoms with Crippen molar-refractivity contribution in [3.63, 3.8) is 0 Å². The van der Waals surface area contributed by atoms with Crippen molar-refractivity contribution in [2.45, 2.75) is 257 Å². The summed E-state index contributed by atoms with van der Waals surface area (Å²) in [5.74, 6) is -0.210. The molecule has 446 valence electrons. The van der Waals surface area contributed by atoms with Gasteiger partial charge < -0.3 is 19.8 Å². The molecular weight excluding hydrogens is 984 g/mol. The molecule has 9 heteroatoms. The second-order valence-corrected chi connectivity index (χ2v) is 23.5. The summed E-state index contributed by atoms with van der Waals surface area (Å²) in [4.78, 5) is 23.4. The van der Waals surface area contributed by atoms with Crippen LogP contribution < -0.4 is 5.32 Å². The number of rotatable bonds is 56. The van der Waals surface area contributed by atoms with E-state index in [1.807, 2.05) is 27.2 Å². The van der Waals surface area contributed by atoms with Gasteiger partial charge in [0.15, 0.2) is 0 Å². The molecule has 0 aliphatic carbocycles. The van der Waals surface area contributed by atoms with E-state index in [4.69, 9.17) is 9.05 Å². The molecule has 0 aliphatic heterocycles. The van der Waals surface area contributed by atoms with Gasteiger partial charge in [-0.1, -0.05) is 270 Å². The standard InChI is InChI=1S/C69H119N2O6P/c1-6-8-10-12-14-16-18-20-22-24-26-28-30-31-32-33-34-35-36-37-38-39-41-43-45-47-49-51-53-55-57-59-61-63-69(73)70-67(66-77-78(74,75)76-65-64-71(3,4)5)68(72)62-60-58-56-54-52-50-48-46-44-42-40-29-27-25-23-21-19-17-15-13-11-9-7-2/h8,10,14,16,20,22,26,28,31-32,34-35,37-38,41,43,47,49,52,54,60,62,67-68,72H,6-7,9,11-13,15,17-19,21,23-25,27,29-30,33,36,39-40,42,44-46,48,50-51,53,55-59,61,63-66H2,1-5H3,(H-,70,73,74,75)/p+1/b10-8-,16-14-,22-20-,28-26-,32-31-,35-34-,38-37-,43-41-,49-47-,54-52+,62-60+. The first-order valence-electron chi connectivity index (χ1n) is 31.6. The highest BCUT2D eigenvalue weighted by Gasteiger charge is 2.27. The van der Waals surface area contributed by atoms with Gasteiger partial charge in [0, 0.05) is 6.42 Å². The Morgan fingerprint density at radius 1 is 0.449 bits per heavy atom. The monoisotopic (exact) mass is 1100 g/mol. The summed E-state index contributed by atoms with van der Waals surface area (Å²) in [6.07, 6.45) is 88.5. The number of allylic oxidation sites excluding steroid dienone is 21. The Balaban J connectivity index is 4.30. The number of aliphatic hydroxyl groups is 1. The summed E-state index contributed by atoms with van der Waals surface area (Å²) >= 11 is 0. The van der Waals surface area contributed by atoms with Gasteiger partial charge in [-0.25, -0.2) is 4.57 Å². The maximum atomic E-state index is 13.0. The fraction of sp³-hybridized carbons (Fsp3) is 0.667. The van der Waals surface area contributed by atoms with Gasteiger partial charge in [-0.2, -0.15) is 0 Å². The minimum Gasteiger partial charge on any atom is -0.387 e. The van der Waals surface area contributed by atoms with Crippen LogP contribution >= 0.6 is 7.82 Å². The molecule has 0 heterocycles. The molecule has 0 aliphatic rings. The minimum absolute atomic E-state index is 0.0448. The molecule has 8 nitrogen and oxygen atoms in total. The van der Waals surface area contributed by atoms with Gasteiger partial charge in [0.1, 0.15) is 13.2 Å². The van der Waals surface area contributed by atoms with E-state index < -0.39 is 20.0 Å². The van der Waals surface area contributed by atoms with Crippen LogP contribution in [0.25, 0.3) is 0 Å². The van der Waals surface area contributed by atoms with Crippen LogP contribution in [-0.4, -0.2) is 73.4 Å². The third kappa shape index (κ3) is 60.3. The van der Waals surface area contributed by atoms with Gasteiger partial charge in [0.25, 0.3) is 0 Å². The first-order valence-corrected chi connectivity index (χ1v) is 33.1. The number of quaternary nitrogens is 1. The lowest BCUT2D eigenvalue weighted by atomic mass is 10.0. The van der Waals surface area contributed by atoms with Crippen LogP contribution in [0.4, 0.5) is 0 Å². The molecule has 0 radical (unpaired) electrons. The summed E-state index contributed by atoms with van der Waals surface area (Å²) < 4.78 is 23.7. The van der Waals surface area contributed by atoms with Crippen LogP contribution in [0.1, 0.15) is 245 Å². The van der Waals surface area contributed by atoms with Crippen LogP contribution in [-0.2, 0) is 18.4 Å². The number of carbonyl (C=O) groups excluding carboxylic acids is 1. The van der Waals surface area contributed by atoms with Crippen molar-refractivity contribution in [3.8, 4) is 0 Å². The Kier molecular flexibility index (Phi) is 55.8. The number of aliphatic hydroxyl groups excluding tert-OH is 1. The SMILES string of the molecule is CC/C=C\C/C=C\C/C=C\C/C=C\C/C=C\C/C=C\C/C=C\C/C=C\C/C=C\CCCCCCCC(=O)NC(COP(=O)(O)OCC[N+](C)(C)C)C(O)/C=C/CC/C=C/CCCCCCCCCCCCCCCCCCC. The number of phosphoric ester groups is 1. The largest absolute Gasteiger partial charge is 0.472 e. The third-order valence-corrected chi connectivity index (χ3v) is 14.3. The zero-order chi connectivity index (χ0) is 57.0. The number of nitrogens with one attached hydrogen (secondary N) is 1. The van der Waals surface area contributed by atoms with Crippen molar-refractivity contribution in [3.05, 3.63) is 134 Å². The molecule has 0 saturated heterocycles. The average molecular weight is 1100 g/mol. The molecule has 3 N–H and O–H groups in total. The van der Waals surface area contributed by atoms with Crippen molar-refractivity contribution < 1.29 is 32.9 Å². The number of amides is 1. The highest BCUT2D eigenvalue weighted by Crippen LogP contribution is 2.43. The van der Waals surface area contributed by atoms with E-state index in [-0.39, 0.29) is 19.1 Å². The Morgan fingerprint density at radius 2 is 0.782 bits per heavy atom. The quantitative estimate of drug-likeness (QED) is 0.0243. The minimum atomic E-state index is -4.37. The lowest BCUT2D eigenvalue weighted by molar-refractivity contribution is -0.870. The number of hydrogen-bond acceptors (Lipinski definition) is 5. The van der Waals surface area contributed by atoms with Crippen LogP contribution in [0.3, 0.4) is 0 Å². The first kappa shape index (κ1) is 74.6. The second-order valence-electron chi connectivity index (χ2n) is 22.0. The van der Waals surface area contributed by atoms with Crippen LogP contribution in [0.15, 0.2) is 134 Å². The Morgan fingerprint density at radius 3 is 1.18 bits per heavy atom. The number of phosphoric acid groups is 1. The summed E-state index contributed by atoms with van der Waals surface area (Å²) in [7, 11) is 1.52. The molecule has 3 atom stereocenters. The van der Waals surface area contributed by atoms with E-state index in [1.54, 1.807) is 6.08 Å². The molecule has 78 heavy (non-hydrogen) atoms. The van der Waals surface area contributed by atoms with Crippen LogP contribution in [0.2, 0.25) is 0 Å². The van der Waals surface area contributed by atoms with E-state index >= 15 is 0 Å². The summed E-state index contributed by atoms with van der Waals surface area (Å²) in [5, 5.41) is 13.9. The van der Waals surface area contributed by atoms with Crippen molar-refractivity contribution >= 4 is 13.7 Å². The topological polar surface area (TPSA) is 105 Å². The summed E-state index contributed by atoms with van der Waals surface area (Å²) in [5.41, 5.74) is 0. The molecule has 0 rings (SSSR count). The maximum Gasteiger partial charge on any atom is 0.472 e. The number of carbonyl (C=O) groups is 1. The van der Waals surface area contributed by atoms with Gasteiger partial charge in [-0.05, 0) is 103 Å². The lowest BCUT2D eigenvalue weighted by Crippen LogP contribution is -2.45. The molecule has 0 aromatic heterocycles. The summed E-state index contributed by atoms with van der Waals surface area (Å²) in [6, 6.07) is -0.886. The van der Waals surface area contributed by atoms with Crippen LogP contribution in [0, 0.1) is 0 Å². The van der Waals surface area contributed by atoms with Gasteiger partial charge in [0.05, 0.1) is 39.9 Å². The third-order valence-electron chi connectivity index (χ3n) is 13.4. The molecule has 0 fully saturated rings. The summed E-state index contributed by atoms with van der Waals surface area (Å²) in [6.45, 7) is 4.67. The van der Waals surface area contributed by atoms with Crippen molar-refractivity contribution in [2.75, 3.05) is 40.9 Å². The van der Waals surface area contributed by atoms with Gasteiger partial charge in [-0.3, -0.25) is 13.8 Å². The molecule has 0 bridgehead atoms. The van der Waals surface area contributed by atoms with Gasteiger partial charge >= 0.3 is 7.82 Å². The zero-order valence-corrected chi connectivity index (χ0v) is 51.7. The highest BCUT2D eigenvalue weighted by atomic mass is 31.2. The molecule has 0 saturated carbocycles. The number of hydrogen-bond donors (Lipinski definition) is 3. The van der Waals surface area contributed by atoms with Gasteiger partial charge in [0.2, 0.25) is 5.91 Å². The Bertz CT molecular complexity index is 1730. The number of unbranched alkanes of at least 4 members (excludes halogenated alkanes) is 23. The van der Waals surface area contributed by atoms with Crippen molar-refractivity contribution in [2.24, 2.45) is 0 Å². The average Bonchev–Trinajstić information content (AvgIpc) is 3.41. The van der Waals surface area contributed by atoms with E-state index in [1.165, 1.54) is 109 Å². The normalized spacial score (nSPS) is 14.7. The Hall–Kier alpha value is -3.36. The lowest BCUT2D eigenvalue weighted by Gasteiger charge is -2.25. The number of nitrogens with zero attached hydrogens (tertiary/aromatic N) is 1.